The van der Waals surface area contributed by atoms with Crippen LogP contribution >= 0.6 is 0 Å². The van der Waals surface area contributed by atoms with E-state index in [-0.39, 0.29) is 11.8 Å². The molecule has 0 radical (unpaired) electrons. The van der Waals surface area contributed by atoms with Gasteiger partial charge in [-0.3, -0.25) is 9.59 Å². The van der Waals surface area contributed by atoms with E-state index < -0.39 is 5.41 Å². The van der Waals surface area contributed by atoms with Crippen LogP contribution in [0.3, 0.4) is 0 Å². The van der Waals surface area contributed by atoms with Gasteiger partial charge in [0.05, 0.1) is 0 Å². The summed E-state index contributed by atoms with van der Waals surface area (Å²) in [6, 6.07) is 8.07. The largest absolute Gasteiger partial charge is 0.338 e. The van der Waals surface area contributed by atoms with E-state index in [1.165, 1.54) is 5.56 Å². The van der Waals surface area contributed by atoms with E-state index in [4.69, 9.17) is 0 Å². The van der Waals surface area contributed by atoms with E-state index in [0.29, 0.717) is 24.7 Å². The van der Waals surface area contributed by atoms with Crippen LogP contribution in [0.25, 0.3) is 6.08 Å². The van der Waals surface area contributed by atoms with E-state index in [9.17, 15) is 9.59 Å². The first-order valence-electron chi connectivity index (χ1n) is 9.02. The summed E-state index contributed by atoms with van der Waals surface area (Å²) in [4.78, 5) is 26.9. The highest BCUT2D eigenvalue weighted by Crippen LogP contribution is 2.18. The standard InChI is InChI=1S/C21H32N2O2/c1-8-23(9-2)19(24)18(22-20(25)21(5,6)7)14-16-10-12-17(13-11-16)15(3)4/h10-15H,8-9H2,1-7H3,(H,22,25)/b18-14+. The van der Waals surface area contributed by atoms with Crippen LogP contribution in [0.1, 0.15) is 65.5 Å². The lowest BCUT2D eigenvalue weighted by molar-refractivity contribution is -0.132. The fraction of sp³-hybridized carbons (Fsp3) is 0.524. The number of carbonyl (C=O) groups is 2. The van der Waals surface area contributed by atoms with Gasteiger partial charge in [0.15, 0.2) is 0 Å². The zero-order chi connectivity index (χ0) is 19.2. The third-order valence-electron chi connectivity index (χ3n) is 4.12. The van der Waals surface area contributed by atoms with Crippen LogP contribution in [0.5, 0.6) is 0 Å². The number of hydrogen-bond acceptors (Lipinski definition) is 2. The lowest BCUT2D eigenvalue weighted by atomic mass is 9.95. The van der Waals surface area contributed by atoms with Gasteiger partial charge < -0.3 is 10.2 Å². The Labute approximate surface area is 152 Å². The molecule has 0 atom stereocenters. The minimum atomic E-state index is -0.565. The molecule has 0 aliphatic rings. The van der Waals surface area contributed by atoms with Crippen LogP contribution < -0.4 is 5.32 Å². The molecule has 1 aromatic rings. The first kappa shape index (κ1) is 20.9. The smallest absolute Gasteiger partial charge is 0.270 e. The Morgan fingerprint density at radius 3 is 2.00 bits per heavy atom. The highest BCUT2D eigenvalue weighted by molar-refractivity contribution is 6.02. The molecule has 0 aliphatic carbocycles. The summed E-state index contributed by atoms with van der Waals surface area (Å²) in [5.41, 5.74) is 1.90. The molecule has 4 nitrogen and oxygen atoms in total. The third kappa shape index (κ3) is 6.04. The summed E-state index contributed by atoms with van der Waals surface area (Å²) in [7, 11) is 0. The molecule has 0 aromatic heterocycles. The number of amides is 2. The maximum atomic E-state index is 12.8. The molecule has 0 bridgehead atoms. The van der Waals surface area contributed by atoms with Gasteiger partial charge >= 0.3 is 0 Å². The van der Waals surface area contributed by atoms with Crippen LogP contribution in [0.4, 0.5) is 0 Å². The molecule has 0 unspecified atom stereocenters. The molecule has 0 heterocycles. The van der Waals surface area contributed by atoms with Crippen molar-refractivity contribution in [2.45, 2.75) is 54.4 Å². The number of carbonyl (C=O) groups excluding carboxylic acids is 2. The van der Waals surface area contributed by atoms with Gasteiger partial charge in [0, 0.05) is 18.5 Å². The van der Waals surface area contributed by atoms with Crippen molar-refractivity contribution in [1.29, 1.82) is 0 Å². The first-order chi connectivity index (χ1) is 11.6. The summed E-state index contributed by atoms with van der Waals surface area (Å²) in [5.74, 6) is 0.129. The number of likely N-dealkylation sites (N-methyl/N-ethyl adjacent to an activating group) is 1. The zero-order valence-corrected chi connectivity index (χ0v) is 16.6. The Bertz CT molecular complexity index is 618. The normalized spacial score (nSPS) is 12.2. The number of nitrogens with zero attached hydrogens (tertiary/aromatic N) is 1. The number of benzene rings is 1. The van der Waals surface area contributed by atoms with Crippen molar-refractivity contribution in [3.05, 3.63) is 41.1 Å². The van der Waals surface area contributed by atoms with E-state index >= 15 is 0 Å². The van der Waals surface area contributed by atoms with Crippen molar-refractivity contribution >= 4 is 17.9 Å². The van der Waals surface area contributed by atoms with Gasteiger partial charge in [-0.2, -0.15) is 0 Å². The summed E-state index contributed by atoms with van der Waals surface area (Å²) in [6.45, 7) is 14.9. The Hall–Kier alpha value is -2.10. The lowest BCUT2D eigenvalue weighted by Crippen LogP contribution is -2.41. The van der Waals surface area contributed by atoms with Crippen LogP contribution in [-0.4, -0.2) is 29.8 Å². The van der Waals surface area contributed by atoms with Gasteiger partial charge in [-0.1, -0.05) is 58.9 Å². The molecule has 0 saturated heterocycles. The SMILES string of the molecule is CCN(CC)C(=O)/C(=C\c1ccc(C(C)C)cc1)NC(=O)C(C)(C)C. The molecule has 1 aromatic carbocycles. The average molecular weight is 344 g/mol. The predicted molar refractivity (Wildman–Crippen MR) is 104 cm³/mol. The lowest BCUT2D eigenvalue weighted by Gasteiger charge is -2.24. The van der Waals surface area contributed by atoms with Crippen molar-refractivity contribution in [3.63, 3.8) is 0 Å². The molecular formula is C21H32N2O2. The van der Waals surface area contributed by atoms with Crippen LogP contribution in [0, 0.1) is 5.41 Å². The Balaban J connectivity index is 3.20. The first-order valence-corrected chi connectivity index (χ1v) is 9.02. The molecule has 0 spiro atoms. The highest BCUT2D eigenvalue weighted by atomic mass is 16.2. The fourth-order valence-corrected chi connectivity index (χ4v) is 2.29. The molecule has 1 N–H and O–H groups in total. The molecule has 0 aliphatic heterocycles. The van der Waals surface area contributed by atoms with E-state index in [1.807, 2.05) is 46.8 Å². The second kappa shape index (κ2) is 8.84. The number of rotatable bonds is 6. The molecule has 0 saturated carbocycles. The van der Waals surface area contributed by atoms with Crippen molar-refractivity contribution in [2.75, 3.05) is 13.1 Å². The predicted octanol–water partition coefficient (Wildman–Crippen LogP) is 4.18. The van der Waals surface area contributed by atoms with Gasteiger partial charge in [-0.25, -0.2) is 0 Å². The molecule has 1 rings (SSSR count). The van der Waals surface area contributed by atoms with Gasteiger partial charge in [0.2, 0.25) is 5.91 Å². The van der Waals surface area contributed by atoms with Gasteiger partial charge in [-0.05, 0) is 37.0 Å². The average Bonchev–Trinajstić information content (AvgIpc) is 2.54. The monoisotopic (exact) mass is 344 g/mol. The Morgan fingerprint density at radius 2 is 1.60 bits per heavy atom. The van der Waals surface area contributed by atoms with Gasteiger partial charge in [-0.15, -0.1) is 0 Å². The number of nitrogens with one attached hydrogen (secondary N) is 1. The highest BCUT2D eigenvalue weighted by Gasteiger charge is 2.25. The molecule has 4 heteroatoms. The zero-order valence-electron chi connectivity index (χ0n) is 16.6. The summed E-state index contributed by atoms with van der Waals surface area (Å²) >= 11 is 0. The second-order valence-electron chi connectivity index (χ2n) is 7.56. The fourth-order valence-electron chi connectivity index (χ4n) is 2.29. The topological polar surface area (TPSA) is 49.4 Å². The van der Waals surface area contributed by atoms with Gasteiger partial charge in [0.1, 0.15) is 5.70 Å². The third-order valence-corrected chi connectivity index (χ3v) is 4.12. The Morgan fingerprint density at radius 1 is 1.08 bits per heavy atom. The Kier molecular flexibility index (Phi) is 7.40. The van der Waals surface area contributed by atoms with E-state index in [0.717, 1.165) is 5.56 Å². The van der Waals surface area contributed by atoms with Crippen LogP contribution in [0.15, 0.2) is 30.0 Å². The molecule has 0 fully saturated rings. The minimum absolute atomic E-state index is 0.157. The maximum Gasteiger partial charge on any atom is 0.270 e. The molecule has 25 heavy (non-hydrogen) atoms. The van der Waals surface area contributed by atoms with Crippen LogP contribution in [0.2, 0.25) is 0 Å². The molecular weight excluding hydrogens is 312 g/mol. The van der Waals surface area contributed by atoms with Gasteiger partial charge in [0.25, 0.3) is 5.91 Å². The van der Waals surface area contributed by atoms with Crippen LogP contribution in [-0.2, 0) is 9.59 Å². The maximum absolute atomic E-state index is 12.8. The van der Waals surface area contributed by atoms with E-state index in [1.54, 1.807) is 11.0 Å². The van der Waals surface area contributed by atoms with Crippen molar-refractivity contribution in [2.24, 2.45) is 5.41 Å². The van der Waals surface area contributed by atoms with Crippen molar-refractivity contribution in [3.8, 4) is 0 Å². The minimum Gasteiger partial charge on any atom is -0.338 e. The number of hydrogen-bond donors (Lipinski definition) is 1. The summed E-state index contributed by atoms with van der Waals surface area (Å²) < 4.78 is 0. The summed E-state index contributed by atoms with van der Waals surface area (Å²) in [5, 5.41) is 2.82. The van der Waals surface area contributed by atoms with E-state index in [2.05, 4.69) is 31.3 Å². The van der Waals surface area contributed by atoms with Crippen molar-refractivity contribution < 1.29 is 9.59 Å². The summed E-state index contributed by atoms with van der Waals surface area (Å²) in [6.07, 6.45) is 1.76. The molecule has 138 valence electrons. The second-order valence-corrected chi connectivity index (χ2v) is 7.56. The van der Waals surface area contributed by atoms with Crippen molar-refractivity contribution in [1.82, 2.24) is 10.2 Å². The quantitative estimate of drug-likeness (QED) is 0.787. The molecule has 2 amide bonds.